The molecule has 1 amide bonds. The molecule has 1 aliphatic carbocycles. The van der Waals surface area contributed by atoms with Crippen LogP contribution in [0.3, 0.4) is 0 Å². The van der Waals surface area contributed by atoms with Gasteiger partial charge in [-0.2, -0.15) is 0 Å². The Kier molecular flexibility index (Phi) is 4.42. The van der Waals surface area contributed by atoms with Gasteiger partial charge in [-0.25, -0.2) is 0 Å². The molecule has 4 N–H and O–H groups in total. The Morgan fingerprint density at radius 2 is 1.70 bits per heavy atom. The standard InChI is InChI=1S/C15H29N3O2/c1-7-15(8-2,11(16)18-20)12(19)17-9-10-13(3,4)14(10,5)6/h10,20H,7-9H2,1-6H3,(H2,16,18)(H,17,19). The maximum atomic E-state index is 12.5. The maximum absolute atomic E-state index is 12.5. The molecule has 0 aromatic heterocycles. The highest BCUT2D eigenvalue weighted by Crippen LogP contribution is 2.67. The number of carbonyl (C=O) groups excluding carboxylic acids is 1. The third-order valence-corrected chi connectivity index (χ3v) is 6.03. The van der Waals surface area contributed by atoms with Crippen LogP contribution in [0.2, 0.25) is 0 Å². The lowest BCUT2D eigenvalue weighted by atomic mass is 9.80. The summed E-state index contributed by atoms with van der Waals surface area (Å²) < 4.78 is 0. The number of amidine groups is 1. The van der Waals surface area contributed by atoms with E-state index in [1.54, 1.807) is 0 Å². The van der Waals surface area contributed by atoms with Gasteiger partial charge in [0.05, 0.1) is 0 Å². The molecule has 116 valence electrons. The fraction of sp³-hybridized carbons (Fsp3) is 0.867. The fourth-order valence-corrected chi connectivity index (χ4v) is 3.35. The van der Waals surface area contributed by atoms with E-state index >= 15 is 0 Å². The summed E-state index contributed by atoms with van der Waals surface area (Å²) in [4.78, 5) is 12.5. The lowest BCUT2D eigenvalue weighted by molar-refractivity contribution is -0.128. The van der Waals surface area contributed by atoms with Gasteiger partial charge in [-0.05, 0) is 29.6 Å². The second kappa shape index (κ2) is 5.26. The van der Waals surface area contributed by atoms with Crippen molar-refractivity contribution in [2.24, 2.45) is 33.1 Å². The summed E-state index contributed by atoms with van der Waals surface area (Å²) in [7, 11) is 0. The molecule has 1 aliphatic rings. The average Bonchev–Trinajstić information content (AvgIpc) is 2.78. The molecular formula is C15H29N3O2. The van der Waals surface area contributed by atoms with Crippen molar-refractivity contribution in [1.29, 1.82) is 0 Å². The van der Waals surface area contributed by atoms with Crippen LogP contribution in [-0.4, -0.2) is 23.5 Å². The summed E-state index contributed by atoms with van der Waals surface area (Å²) in [5, 5.41) is 15.0. The zero-order chi connectivity index (χ0) is 15.8. The number of nitrogens with two attached hydrogens (primary N) is 1. The van der Waals surface area contributed by atoms with Gasteiger partial charge >= 0.3 is 0 Å². The first kappa shape index (κ1) is 16.8. The predicted octanol–water partition coefficient (Wildman–Crippen LogP) is 2.34. The normalized spacial score (nSPS) is 21.6. The Labute approximate surface area is 122 Å². The van der Waals surface area contributed by atoms with E-state index in [9.17, 15) is 4.79 Å². The molecule has 5 heteroatoms. The van der Waals surface area contributed by atoms with Crippen LogP contribution in [0.4, 0.5) is 0 Å². The summed E-state index contributed by atoms with van der Waals surface area (Å²) >= 11 is 0. The predicted molar refractivity (Wildman–Crippen MR) is 80.5 cm³/mol. The van der Waals surface area contributed by atoms with Gasteiger partial charge in [-0.3, -0.25) is 4.79 Å². The minimum atomic E-state index is -0.905. The summed E-state index contributed by atoms with van der Waals surface area (Å²) in [6.07, 6.45) is 1.03. The Balaban J connectivity index is 2.76. The second-order valence-electron chi connectivity index (χ2n) is 6.98. The van der Waals surface area contributed by atoms with E-state index in [0.29, 0.717) is 25.3 Å². The van der Waals surface area contributed by atoms with E-state index in [4.69, 9.17) is 10.9 Å². The molecule has 0 spiro atoms. The van der Waals surface area contributed by atoms with E-state index in [2.05, 4.69) is 38.2 Å². The van der Waals surface area contributed by atoms with Crippen molar-refractivity contribution in [3.63, 3.8) is 0 Å². The first-order chi connectivity index (χ1) is 9.11. The monoisotopic (exact) mass is 283 g/mol. The number of amides is 1. The Morgan fingerprint density at radius 1 is 1.25 bits per heavy atom. The first-order valence-corrected chi connectivity index (χ1v) is 7.38. The quantitative estimate of drug-likeness (QED) is 0.302. The highest BCUT2D eigenvalue weighted by Gasteiger charge is 2.64. The molecule has 0 aromatic carbocycles. The van der Waals surface area contributed by atoms with Crippen LogP contribution in [-0.2, 0) is 4.79 Å². The first-order valence-electron chi connectivity index (χ1n) is 7.38. The van der Waals surface area contributed by atoms with E-state index in [1.165, 1.54) is 0 Å². The lowest BCUT2D eigenvalue weighted by Gasteiger charge is -2.28. The van der Waals surface area contributed by atoms with Gasteiger partial charge in [0, 0.05) is 6.54 Å². The summed E-state index contributed by atoms with van der Waals surface area (Å²) in [5.41, 5.74) is 5.31. The van der Waals surface area contributed by atoms with Crippen molar-refractivity contribution in [3.8, 4) is 0 Å². The van der Waals surface area contributed by atoms with E-state index in [-0.39, 0.29) is 22.6 Å². The summed E-state index contributed by atoms with van der Waals surface area (Å²) in [6, 6.07) is 0. The van der Waals surface area contributed by atoms with Gasteiger partial charge in [-0.1, -0.05) is 46.7 Å². The molecule has 0 radical (unpaired) electrons. The minimum absolute atomic E-state index is 0.00526. The fourth-order valence-electron chi connectivity index (χ4n) is 3.35. The molecule has 0 bridgehead atoms. The zero-order valence-corrected chi connectivity index (χ0v) is 13.6. The molecule has 5 nitrogen and oxygen atoms in total. The van der Waals surface area contributed by atoms with Crippen molar-refractivity contribution in [1.82, 2.24) is 5.32 Å². The molecule has 1 fully saturated rings. The minimum Gasteiger partial charge on any atom is -0.409 e. The van der Waals surface area contributed by atoms with Crippen LogP contribution in [0.25, 0.3) is 0 Å². The molecule has 1 saturated carbocycles. The SMILES string of the molecule is CCC(CC)(C(=O)NCC1C(C)(C)C1(C)C)C(N)=NO. The summed E-state index contributed by atoms with van der Waals surface area (Å²) in [6.45, 7) is 13.3. The summed E-state index contributed by atoms with van der Waals surface area (Å²) in [5.74, 6) is 0.309. The smallest absolute Gasteiger partial charge is 0.233 e. The Morgan fingerprint density at radius 3 is 2.00 bits per heavy atom. The van der Waals surface area contributed by atoms with Crippen LogP contribution in [0.5, 0.6) is 0 Å². The average molecular weight is 283 g/mol. The molecule has 0 saturated heterocycles. The zero-order valence-electron chi connectivity index (χ0n) is 13.6. The van der Waals surface area contributed by atoms with Crippen LogP contribution in [0.15, 0.2) is 5.16 Å². The van der Waals surface area contributed by atoms with Crippen molar-refractivity contribution in [3.05, 3.63) is 0 Å². The second-order valence-corrected chi connectivity index (χ2v) is 6.98. The number of oxime groups is 1. The highest BCUT2D eigenvalue weighted by atomic mass is 16.4. The van der Waals surface area contributed by atoms with Gasteiger partial charge < -0.3 is 16.3 Å². The number of rotatable bonds is 6. The van der Waals surface area contributed by atoms with E-state index < -0.39 is 5.41 Å². The van der Waals surface area contributed by atoms with Crippen molar-refractivity contribution in [2.45, 2.75) is 54.4 Å². The van der Waals surface area contributed by atoms with Crippen LogP contribution in [0.1, 0.15) is 54.4 Å². The Hall–Kier alpha value is -1.26. The van der Waals surface area contributed by atoms with Crippen molar-refractivity contribution >= 4 is 11.7 Å². The number of hydrogen-bond acceptors (Lipinski definition) is 3. The van der Waals surface area contributed by atoms with Gasteiger partial charge in [0.2, 0.25) is 5.91 Å². The molecular weight excluding hydrogens is 254 g/mol. The van der Waals surface area contributed by atoms with Crippen LogP contribution < -0.4 is 11.1 Å². The van der Waals surface area contributed by atoms with Gasteiger partial charge in [0.15, 0.2) is 5.84 Å². The van der Waals surface area contributed by atoms with E-state index in [0.717, 1.165) is 0 Å². The Bertz CT molecular complexity index is 395. The number of hydrogen-bond donors (Lipinski definition) is 3. The largest absolute Gasteiger partial charge is 0.409 e. The molecule has 0 atom stereocenters. The van der Waals surface area contributed by atoms with Crippen LogP contribution >= 0.6 is 0 Å². The van der Waals surface area contributed by atoms with Crippen LogP contribution in [0, 0.1) is 22.2 Å². The third kappa shape index (κ3) is 2.27. The molecule has 20 heavy (non-hydrogen) atoms. The number of nitrogens with one attached hydrogen (secondary N) is 1. The van der Waals surface area contributed by atoms with E-state index in [1.807, 2.05) is 13.8 Å². The molecule has 0 heterocycles. The van der Waals surface area contributed by atoms with Gasteiger partial charge in [-0.15, -0.1) is 0 Å². The third-order valence-electron chi connectivity index (χ3n) is 6.03. The van der Waals surface area contributed by atoms with Gasteiger partial charge in [0.1, 0.15) is 5.41 Å². The topological polar surface area (TPSA) is 87.7 Å². The van der Waals surface area contributed by atoms with Gasteiger partial charge in [0.25, 0.3) is 0 Å². The van der Waals surface area contributed by atoms with Crippen molar-refractivity contribution < 1.29 is 10.0 Å². The lowest BCUT2D eigenvalue weighted by Crippen LogP contribution is -2.49. The molecule has 0 unspecified atom stereocenters. The number of carbonyl (C=O) groups is 1. The molecule has 0 aromatic rings. The maximum Gasteiger partial charge on any atom is 0.233 e. The number of nitrogens with zero attached hydrogens (tertiary/aromatic N) is 1. The molecule has 1 rings (SSSR count). The highest BCUT2D eigenvalue weighted by molar-refractivity contribution is 6.06. The van der Waals surface area contributed by atoms with Crippen molar-refractivity contribution in [2.75, 3.05) is 6.54 Å². The molecule has 0 aliphatic heterocycles.